The monoisotopic (exact) mass is 333 g/mol. The van der Waals surface area contributed by atoms with Gasteiger partial charge in [-0.05, 0) is 49.2 Å². The van der Waals surface area contributed by atoms with E-state index in [1.807, 2.05) is 56.3 Å². The van der Waals surface area contributed by atoms with E-state index >= 15 is 0 Å². The van der Waals surface area contributed by atoms with Gasteiger partial charge in [-0.1, -0.05) is 29.8 Å². The number of nitrogens with one attached hydrogen (secondary N) is 1. The van der Waals surface area contributed by atoms with Crippen molar-refractivity contribution in [2.75, 3.05) is 19.8 Å². The molecule has 0 spiro atoms. The van der Waals surface area contributed by atoms with E-state index in [2.05, 4.69) is 5.32 Å². The first kappa shape index (κ1) is 17.2. The van der Waals surface area contributed by atoms with Crippen LogP contribution in [0.25, 0.3) is 0 Å². The quantitative estimate of drug-likeness (QED) is 0.788. The predicted octanol–water partition coefficient (Wildman–Crippen LogP) is 3.53. The second-order valence-electron chi connectivity index (χ2n) is 5.17. The van der Waals surface area contributed by atoms with E-state index in [4.69, 9.17) is 21.1 Å². The van der Waals surface area contributed by atoms with Crippen molar-refractivity contribution in [3.8, 4) is 11.5 Å². The standard InChI is InChI=1S/C18H20ClNO3/c1-13-10-16(11-14(2)18(13)19)23-12-17(21)20-8-9-22-15-6-4-3-5-7-15/h3-7,10-11H,8-9,12H2,1-2H3,(H,20,21). The first-order valence-electron chi connectivity index (χ1n) is 7.40. The van der Waals surface area contributed by atoms with E-state index in [9.17, 15) is 4.79 Å². The second kappa shape index (κ2) is 8.44. The van der Waals surface area contributed by atoms with Gasteiger partial charge in [0, 0.05) is 5.02 Å². The van der Waals surface area contributed by atoms with Crippen molar-refractivity contribution < 1.29 is 14.3 Å². The zero-order valence-electron chi connectivity index (χ0n) is 13.3. The molecule has 5 heteroatoms. The normalized spacial score (nSPS) is 10.2. The van der Waals surface area contributed by atoms with Crippen LogP contribution in [0, 0.1) is 13.8 Å². The molecule has 0 fully saturated rings. The summed E-state index contributed by atoms with van der Waals surface area (Å²) in [5, 5.41) is 3.47. The van der Waals surface area contributed by atoms with Gasteiger partial charge in [0.1, 0.15) is 18.1 Å². The van der Waals surface area contributed by atoms with Gasteiger partial charge in [-0.15, -0.1) is 0 Å². The Morgan fingerprint density at radius 1 is 1.04 bits per heavy atom. The van der Waals surface area contributed by atoms with Crippen LogP contribution in [0.1, 0.15) is 11.1 Å². The Morgan fingerprint density at radius 2 is 1.70 bits per heavy atom. The Labute approximate surface area is 141 Å². The predicted molar refractivity (Wildman–Crippen MR) is 91.4 cm³/mol. The Balaban J connectivity index is 1.69. The van der Waals surface area contributed by atoms with Crippen LogP contribution < -0.4 is 14.8 Å². The third kappa shape index (κ3) is 5.49. The Morgan fingerprint density at radius 3 is 2.35 bits per heavy atom. The number of hydrogen-bond acceptors (Lipinski definition) is 3. The van der Waals surface area contributed by atoms with Crippen molar-refractivity contribution in [3.05, 3.63) is 58.6 Å². The van der Waals surface area contributed by atoms with Crippen LogP contribution in [0.15, 0.2) is 42.5 Å². The molecule has 23 heavy (non-hydrogen) atoms. The largest absolute Gasteiger partial charge is 0.492 e. The minimum Gasteiger partial charge on any atom is -0.492 e. The third-order valence-corrected chi connectivity index (χ3v) is 3.81. The number of benzene rings is 2. The molecule has 0 aliphatic rings. The van der Waals surface area contributed by atoms with Gasteiger partial charge < -0.3 is 14.8 Å². The fraction of sp³-hybridized carbons (Fsp3) is 0.278. The fourth-order valence-electron chi connectivity index (χ4n) is 2.07. The highest BCUT2D eigenvalue weighted by Gasteiger charge is 2.06. The first-order chi connectivity index (χ1) is 11.1. The Kier molecular flexibility index (Phi) is 6.29. The van der Waals surface area contributed by atoms with E-state index in [-0.39, 0.29) is 12.5 Å². The smallest absolute Gasteiger partial charge is 0.258 e. The van der Waals surface area contributed by atoms with Crippen LogP contribution in [-0.2, 0) is 4.79 Å². The highest BCUT2D eigenvalue weighted by molar-refractivity contribution is 6.32. The summed E-state index contributed by atoms with van der Waals surface area (Å²) in [6.07, 6.45) is 0. The Hall–Kier alpha value is -2.20. The van der Waals surface area contributed by atoms with Gasteiger partial charge in [-0.3, -0.25) is 4.79 Å². The molecule has 0 aliphatic carbocycles. The highest BCUT2D eigenvalue weighted by atomic mass is 35.5. The van der Waals surface area contributed by atoms with Crippen LogP contribution in [0.2, 0.25) is 5.02 Å². The number of ether oxygens (including phenoxy) is 2. The minimum atomic E-state index is -0.188. The number of halogens is 1. The van der Waals surface area contributed by atoms with Gasteiger partial charge in [-0.25, -0.2) is 0 Å². The zero-order chi connectivity index (χ0) is 16.7. The van der Waals surface area contributed by atoms with Crippen molar-refractivity contribution in [2.24, 2.45) is 0 Å². The van der Waals surface area contributed by atoms with Gasteiger partial charge in [0.2, 0.25) is 0 Å². The topological polar surface area (TPSA) is 47.6 Å². The van der Waals surface area contributed by atoms with Crippen molar-refractivity contribution in [1.82, 2.24) is 5.32 Å². The molecule has 0 atom stereocenters. The van der Waals surface area contributed by atoms with E-state index in [0.717, 1.165) is 21.9 Å². The minimum absolute atomic E-state index is 0.0359. The van der Waals surface area contributed by atoms with Crippen molar-refractivity contribution in [3.63, 3.8) is 0 Å². The van der Waals surface area contributed by atoms with Crippen LogP contribution in [-0.4, -0.2) is 25.7 Å². The molecular formula is C18H20ClNO3. The lowest BCUT2D eigenvalue weighted by atomic mass is 10.1. The van der Waals surface area contributed by atoms with Crippen LogP contribution >= 0.6 is 11.6 Å². The molecule has 0 aromatic heterocycles. The number of para-hydroxylation sites is 1. The summed E-state index contributed by atoms with van der Waals surface area (Å²) in [5.74, 6) is 1.23. The SMILES string of the molecule is Cc1cc(OCC(=O)NCCOc2ccccc2)cc(C)c1Cl. The number of aryl methyl sites for hydroxylation is 2. The summed E-state index contributed by atoms with van der Waals surface area (Å²) in [6.45, 7) is 4.61. The molecule has 4 nitrogen and oxygen atoms in total. The van der Waals surface area contributed by atoms with Gasteiger partial charge in [0.25, 0.3) is 5.91 Å². The van der Waals surface area contributed by atoms with E-state index in [1.54, 1.807) is 0 Å². The number of carbonyl (C=O) groups is 1. The number of hydrogen-bond donors (Lipinski definition) is 1. The lowest BCUT2D eigenvalue weighted by Gasteiger charge is -2.11. The second-order valence-corrected chi connectivity index (χ2v) is 5.55. The maximum atomic E-state index is 11.7. The molecule has 0 radical (unpaired) electrons. The van der Waals surface area contributed by atoms with Crippen molar-refractivity contribution >= 4 is 17.5 Å². The molecule has 2 aromatic carbocycles. The molecule has 2 aromatic rings. The molecule has 0 saturated heterocycles. The number of amides is 1. The summed E-state index contributed by atoms with van der Waals surface area (Å²) in [4.78, 5) is 11.7. The number of rotatable bonds is 7. The van der Waals surface area contributed by atoms with Gasteiger partial charge in [0.15, 0.2) is 6.61 Å². The molecule has 0 saturated carbocycles. The van der Waals surface area contributed by atoms with E-state index < -0.39 is 0 Å². The molecule has 0 heterocycles. The molecule has 1 N–H and O–H groups in total. The molecule has 0 aliphatic heterocycles. The molecule has 122 valence electrons. The van der Waals surface area contributed by atoms with Gasteiger partial charge in [0.05, 0.1) is 6.54 Å². The maximum absolute atomic E-state index is 11.7. The first-order valence-corrected chi connectivity index (χ1v) is 7.78. The van der Waals surface area contributed by atoms with Crippen LogP contribution in [0.3, 0.4) is 0 Å². The molecular weight excluding hydrogens is 314 g/mol. The molecule has 1 amide bonds. The molecule has 2 rings (SSSR count). The van der Waals surface area contributed by atoms with Crippen LogP contribution in [0.4, 0.5) is 0 Å². The summed E-state index contributed by atoms with van der Waals surface area (Å²) >= 11 is 6.10. The van der Waals surface area contributed by atoms with Crippen molar-refractivity contribution in [2.45, 2.75) is 13.8 Å². The van der Waals surface area contributed by atoms with Gasteiger partial charge >= 0.3 is 0 Å². The summed E-state index contributed by atoms with van der Waals surface area (Å²) in [5.41, 5.74) is 1.86. The third-order valence-electron chi connectivity index (χ3n) is 3.22. The van der Waals surface area contributed by atoms with Crippen molar-refractivity contribution in [1.29, 1.82) is 0 Å². The molecule has 0 bridgehead atoms. The maximum Gasteiger partial charge on any atom is 0.258 e. The lowest BCUT2D eigenvalue weighted by molar-refractivity contribution is -0.123. The van der Waals surface area contributed by atoms with Gasteiger partial charge in [-0.2, -0.15) is 0 Å². The zero-order valence-corrected chi connectivity index (χ0v) is 14.0. The fourth-order valence-corrected chi connectivity index (χ4v) is 2.17. The Bertz CT molecular complexity index is 636. The summed E-state index contributed by atoms with van der Waals surface area (Å²) < 4.78 is 11.0. The summed E-state index contributed by atoms with van der Waals surface area (Å²) in [6, 6.07) is 13.1. The summed E-state index contributed by atoms with van der Waals surface area (Å²) in [7, 11) is 0. The average Bonchev–Trinajstić information content (AvgIpc) is 2.55. The highest BCUT2D eigenvalue weighted by Crippen LogP contribution is 2.25. The van der Waals surface area contributed by atoms with Crippen LogP contribution in [0.5, 0.6) is 11.5 Å². The lowest BCUT2D eigenvalue weighted by Crippen LogP contribution is -2.32. The van der Waals surface area contributed by atoms with E-state index in [1.165, 1.54) is 0 Å². The van der Waals surface area contributed by atoms with E-state index in [0.29, 0.717) is 18.9 Å². The molecule has 0 unspecified atom stereocenters. The average molecular weight is 334 g/mol. The number of carbonyl (C=O) groups excluding carboxylic acids is 1.